The van der Waals surface area contributed by atoms with Gasteiger partial charge in [0.05, 0.1) is 38.4 Å². The molecule has 2 heterocycles. The summed E-state index contributed by atoms with van der Waals surface area (Å²) >= 11 is 0. The molecule has 5 nitrogen and oxygen atoms in total. The van der Waals surface area contributed by atoms with Gasteiger partial charge in [0.25, 0.3) is 11.8 Å². The van der Waals surface area contributed by atoms with Crippen LogP contribution in [0.15, 0.2) is 70.5 Å². The maximum absolute atomic E-state index is 13.9. The van der Waals surface area contributed by atoms with Crippen LogP contribution in [0.25, 0.3) is 0 Å². The Labute approximate surface area is 215 Å². The van der Waals surface area contributed by atoms with Gasteiger partial charge in [-0.15, -0.1) is 0 Å². The number of carbonyl (C=O) groups excluding carboxylic acids is 2. The van der Waals surface area contributed by atoms with Gasteiger partial charge in [-0.2, -0.15) is 0 Å². The third kappa shape index (κ3) is 4.50. The van der Waals surface area contributed by atoms with Gasteiger partial charge in [-0.1, -0.05) is 49.7 Å². The second kappa shape index (κ2) is 9.66. The summed E-state index contributed by atoms with van der Waals surface area (Å²) in [7, 11) is -1.54. The number of hydrogen-bond acceptors (Lipinski definition) is 3. The van der Waals surface area contributed by atoms with Crippen LogP contribution in [-0.2, 0) is 17.3 Å². The van der Waals surface area contributed by atoms with E-state index < -0.39 is 10.8 Å². The van der Waals surface area contributed by atoms with Crippen LogP contribution in [0.1, 0.15) is 57.7 Å². The third-order valence-electron chi connectivity index (χ3n) is 7.25. The highest BCUT2D eigenvalue weighted by molar-refractivity contribution is 7.85. The molecule has 0 radical (unpaired) electrons. The van der Waals surface area contributed by atoms with Crippen molar-refractivity contribution in [3.8, 4) is 0 Å². The first-order valence-electron chi connectivity index (χ1n) is 12.5. The monoisotopic (exact) mass is 500 g/mol. The number of benzene rings is 3. The fourth-order valence-corrected chi connectivity index (χ4v) is 6.85. The van der Waals surface area contributed by atoms with Crippen molar-refractivity contribution in [2.75, 3.05) is 18.0 Å². The molecule has 0 aromatic heterocycles. The standard InChI is InChI=1S/C30H32N2O3S/c1-19-9-10-22(4)24(14-19)18-32-26-15-23(29(33)31-16-20(2)13-21(3)17-31)11-12-28(26)36(35)27-8-6-5-7-25(27)30(32)34/h5-12,14-15,20-21H,13,16-18H2,1-4H3/t20-,21-,36+/m0/s1. The van der Waals surface area contributed by atoms with Crippen molar-refractivity contribution in [1.82, 2.24) is 4.90 Å². The van der Waals surface area contributed by atoms with Gasteiger partial charge < -0.3 is 9.80 Å². The van der Waals surface area contributed by atoms with Gasteiger partial charge in [0.15, 0.2) is 0 Å². The summed E-state index contributed by atoms with van der Waals surface area (Å²) in [6, 6.07) is 18.6. The number of nitrogens with zero attached hydrogens (tertiary/aromatic N) is 2. The van der Waals surface area contributed by atoms with Gasteiger partial charge in [-0.05, 0) is 73.6 Å². The van der Waals surface area contributed by atoms with Crippen LogP contribution in [0.4, 0.5) is 5.69 Å². The van der Waals surface area contributed by atoms with Crippen molar-refractivity contribution < 1.29 is 13.8 Å². The van der Waals surface area contributed by atoms with Crippen LogP contribution >= 0.6 is 0 Å². The number of piperidine rings is 1. The van der Waals surface area contributed by atoms with E-state index in [-0.39, 0.29) is 11.8 Å². The highest BCUT2D eigenvalue weighted by Gasteiger charge is 2.33. The van der Waals surface area contributed by atoms with Crippen molar-refractivity contribution in [3.63, 3.8) is 0 Å². The van der Waals surface area contributed by atoms with Gasteiger partial charge >= 0.3 is 0 Å². The van der Waals surface area contributed by atoms with E-state index in [9.17, 15) is 13.8 Å². The fraction of sp³-hybridized carbons (Fsp3) is 0.333. The molecule has 6 heteroatoms. The van der Waals surface area contributed by atoms with Crippen molar-refractivity contribution in [1.29, 1.82) is 0 Å². The molecule has 186 valence electrons. The molecule has 2 amide bonds. The largest absolute Gasteiger partial charge is 0.338 e. The molecule has 2 aliphatic heterocycles. The first kappa shape index (κ1) is 24.4. The molecule has 5 rings (SSSR count). The number of amides is 2. The zero-order valence-corrected chi connectivity index (χ0v) is 22.1. The average molecular weight is 501 g/mol. The molecule has 0 saturated carbocycles. The number of hydrogen-bond donors (Lipinski definition) is 0. The minimum atomic E-state index is -1.54. The Morgan fingerprint density at radius 3 is 2.42 bits per heavy atom. The molecule has 1 saturated heterocycles. The quantitative estimate of drug-likeness (QED) is 0.460. The number of fused-ring (bicyclic) bond motifs is 2. The van der Waals surface area contributed by atoms with Crippen molar-refractivity contribution in [3.05, 3.63) is 88.5 Å². The van der Waals surface area contributed by atoms with Crippen molar-refractivity contribution in [2.24, 2.45) is 11.8 Å². The number of rotatable bonds is 3. The second-order valence-electron chi connectivity index (χ2n) is 10.4. The minimum absolute atomic E-state index is 0.0390. The molecule has 36 heavy (non-hydrogen) atoms. The van der Waals surface area contributed by atoms with Gasteiger partial charge in [0, 0.05) is 18.7 Å². The van der Waals surface area contributed by atoms with Gasteiger partial charge in [0.1, 0.15) is 0 Å². The van der Waals surface area contributed by atoms with E-state index in [4.69, 9.17) is 0 Å². The molecular weight excluding hydrogens is 468 g/mol. The van der Waals surface area contributed by atoms with E-state index in [0.29, 0.717) is 45.0 Å². The van der Waals surface area contributed by atoms with Crippen LogP contribution in [0, 0.1) is 25.7 Å². The van der Waals surface area contributed by atoms with E-state index in [1.807, 2.05) is 18.7 Å². The Kier molecular flexibility index (Phi) is 6.56. The van der Waals surface area contributed by atoms with E-state index in [0.717, 1.165) is 36.2 Å². The van der Waals surface area contributed by atoms with Crippen molar-refractivity contribution in [2.45, 2.75) is 50.5 Å². The van der Waals surface area contributed by atoms with Gasteiger partial charge in [-0.25, -0.2) is 4.21 Å². The molecule has 2 aliphatic rings. The normalized spacial score (nSPS) is 21.6. The summed E-state index contributed by atoms with van der Waals surface area (Å²) in [5.74, 6) is 0.650. The van der Waals surface area contributed by atoms with Crippen LogP contribution in [-0.4, -0.2) is 34.0 Å². The van der Waals surface area contributed by atoms with Crippen molar-refractivity contribution >= 4 is 28.3 Å². The SMILES string of the molecule is Cc1ccc(C)c(CN2C(=O)c3ccccc3[S@@](=O)c3ccc(C(=O)N4C[C@@H](C)C[C@H](C)C4)cc32)c1. The summed E-state index contributed by atoms with van der Waals surface area (Å²) in [6.07, 6.45) is 1.11. The number of aryl methyl sites for hydroxylation is 2. The zero-order chi connectivity index (χ0) is 25.6. The molecule has 3 aromatic carbocycles. The number of carbonyl (C=O) groups is 2. The summed E-state index contributed by atoms with van der Waals surface area (Å²) in [5.41, 5.74) is 4.71. The molecular formula is C30H32N2O3S. The molecule has 0 bridgehead atoms. The topological polar surface area (TPSA) is 57.7 Å². The summed E-state index contributed by atoms with van der Waals surface area (Å²) in [5, 5.41) is 0. The molecule has 0 N–H and O–H groups in total. The zero-order valence-electron chi connectivity index (χ0n) is 21.3. The van der Waals surface area contributed by atoms with Crippen LogP contribution < -0.4 is 4.90 Å². The highest BCUT2D eigenvalue weighted by atomic mass is 32.2. The first-order valence-corrected chi connectivity index (χ1v) is 13.7. The lowest BCUT2D eigenvalue weighted by Gasteiger charge is -2.35. The number of likely N-dealkylation sites (tertiary alicyclic amines) is 1. The average Bonchev–Trinajstić information content (AvgIpc) is 2.94. The predicted molar refractivity (Wildman–Crippen MR) is 143 cm³/mol. The van der Waals surface area contributed by atoms with Gasteiger partial charge in [-0.3, -0.25) is 9.59 Å². The lowest BCUT2D eigenvalue weighted by Crippen LogP contribution is -2.42. The molecule has 0 spiro atoms. The predicted octanol–water partition coefficient (Wildman–Crippen LogP) is 5.75. The van der Waals surface area contributed by atoms with Crippen LogP contribution in [0.5, 0.6) is 0 Å². The first-order chi connectivity index (χ1) is 17.2. The van der Waals surface area contributed by atoms with Crippen LogP contribution in [0.3, 0.4) is 0 Å². The summed E-state index contributed by atoms with van der Waals surface area (Å²) in [4.78, 5) is 32.1. The van der Waals surface area contributed by atoms with E-state index >= 15 is 0 Å². The fourth-order valence-electron chi connectivity index (χ4n) is 5.51. The molecule has 1 fully saturated rings. The Balaban J connectivity index is 1.62. The Hall–Kier alpha value is -3.25. The third-order valence-corrected chi connectivity index (χ3v) is 8.75. The second-order valence-corrected chi connectivity index (χ2v) is 11.8. The van der Waals surface area contributed by atoms with E-state index in [1.54, 1.807) is 47.4 Å². The number of anilines is 1. The van der Waals surface area contributed by atoms with Gasteiger partial charge in [0.2, 0.25) is 0 Å². The molecule has 0 aliphatic carbocycles. The highest BCUT2D eigenvalue weighted by Crippen LogP contribution is 2.37. The lowest BCUT2D eigenvalue weighted by molar-refractivity contribution is 0.0623. The summed E-state index contributed by atoms with van der Waals surface area (Å²) in [6.45, 7) is 10.2. The molecule has 0 unspecified atom stereocenters. The van der Waals surface area contributed by atoms with E-state index in [1.165, 1.54) is 0 Å². The van der Waals surface area contributed by atoms with Crippen LogP contribution in [0.2, 0.25) is 0 Å². The molecule has 3 aromatic rings. The molecule has 3 atom stereocenters. The smallest absolute Gasteiger partial charge is 0.259 e. The van der Waals surface area contributed by atoms with E-state index in [2.05, 4.69) is 32.0 Å². The Morgan fingerprint density at radius 1 is 0.944 bits per heavy atom. The maximum Gasteiger partial charge on any atom is 0.259 e. The Morgan fingerprint density at radius 2 is 1.67 bits per heavy atom. The lowest BCUT2D eigenvalue weighted by atomic mass is 9.91. The summed E-state index contributed by atoms with van der Waals surface area (Å²) < 4.78 is 13.7. The Bertz CT molecular complexity index is 1370. The maximum atomic E-state index is 13.9. The minimum Gasteiger partial charge on any atom is -0.338 e.